The summed E-state index contributed by atoms with van der Waals surface area (Å²) in [4.78, 5) is 30.8. The Kier molecular flexibility index (Phi) is 5.92. The van der Waals surface area contributed by atoms with Crippen LogP contribution in [0.15, 0.2) is 18.3 Å². The highest BCUT2D eigenvalue weighted by atomic mass is 16.2. The molecule has 5 heteroatoms. The third kappa shape index (κ3) is 3.84. The molecule has 0 bridgehead atoms. The number of rotatable bonds is 5. The maximum Gasteiger partial charge on any atom is 0.272 e. The number of pyridine rings is 1. The normalized spacial score (nSPS) is 18.1. The molecule has 1 aromatic heterocycles. The fourth-order valence-corrected chi connectivity index (χ4v) is 2.87. The summed E-state index contributed by atoms with van der Waals surface area (Å²) in [6.45, 7) is 5.53. The molecule has 2 rings (SSSR count). The summed E-state index contributed by atoms with van der Waals surface area (Å²) < 4.78 is 0. The van der Waals surface area contributed by atoms with Crippen molar-refractivity contribution in [2.75, 3.05) is 13.1 Å². The van der Waals surface area contributed by atoms with Gasteiger partial charge >= 0.3 is 0 Å². The van der Waals surface area contributed by atoms with Gasteiger partial charge in [-0.25, -0.2) is 0 Å². The average Bonchev–Trinajstić information content (AvgIpc) is 2.59. The van der Waals surface area contributed by atoms with E-state index in [1.54, 1.807) is 18.3 Å². The van der Waals surface area contributed by atoms with E-state index in [9.17, 15) is 9.59 Å². The topological polar surface area (TPSA) is 62.3 Å². The number of carbonyl (C=O) groups excluding carboxylic acids is 2. The predicted molar refractivity (Wildman–Crippen MR) is 85.8 cm³/mol. The van der Waals surface area contributed by atoms with Crippen LogP contribution >= 0.6 is 0 Å². The Labute approximate surface area is 132 Å². The molecule has 0 spiro atoms. The molecule has 5 nitrogen and oxygen atoms in total. The second-order valence-electron chi connectivity index (χ2n) is 5.74. The Bertz CT molecular complexity index is 530. The minimum absolute atomic E-state index is 0.0586. The van der Waals surface area contributed by atoms with Gasteiger partial charge in [-0.05, 0) is 44.2 Å². The van der Waals surface area contributed by atoms with Crippen molar-refractivity contribution >= 4 is 11.8 Å². The van der Waals surface area contributed by atoms with Crippen LogP contribution < -0.4 is 5.32 Å². The summed E-state index contributed by atoms with van der Waals surface area (Å²) in [5, 5.41) is 2.82. The average molecular weight is 303 g/mol. The molecular weight excluding hydrogens is 278 g/mol. The highest BCUT2D eigenvalue weighted by Crippen LogP contribution is 2.21. The fourth-order valence-electron chi connectivity index (χ4n) is 2.87. The minimum atomic E-state index is -0.149. The predicted octanol–water partition coefficient (Wildman–Crippen LogP) is 2.63. The highest BCUT2D eigenvalue weighted by Gasteiger charge is 2.27. The summed E-state index contributed by atoms with van der Waals surface area (Å²) in [5.74, 6) is -0.208. The zero-order chi connectivity index (χ0) is 15.9. The molecule has 1 atom stereocenters. The van der Waals surface area contributed by atoms with Gasteiger partial charge in [0.15, 0.2) is 0 Å². The second kappa shape index (κ2) is 7.92. The van der Waals surface area contributed by atoms with Gasteiger partial charge in [0, 0.05) is 30.9 Å². The quantitative estimate of drug-likeness (QED) is 0.909. The number of hydrogen-bond acceptors (Lipinski definition) is 3. The summed E-state index contributed by atoms with van der Waals surface area (Å²) in [6, 6.07) is 3.55. The van der Waals surface area contributed by atoms with Gasteiger partial charge in [0.05, 0.1) is 0 Å². The maximum atomic E-state index is 12.7. The van der Waals surface area contributed by atoms with Crippen molar-refractivity contribution in [3.05, 3.63) is 29.6 Å². The van der Waals surface area contributed by atoms with Crippen LogP contribution in [0.5, 0.6) is 0 Å². The van der Waals surface area contributed by atoms with Crippen molar-refractivity contribution in [2.45, 2.75) is 52.0 Å². The molecule has 120 valence electrons. The van der Waals surface area contributed by atoms with Crippen molar-refractivity contribution in [3.63, 3.8) is 0 Å². The van der Waals surface area contributed by atoms with Crippen LogP contribution in [0.3, 0.4) is 0 Å². The van der Waals surface area contributed by atoms with Gasteiger partial charge < -0.3 is 10.2 Å². The zero-order valence-corrected chi connectivity index (χ0v) is 13.5. The molecule has 1 saturated heterocycles. The summed E-state index contributed by atoms with van der Waals surface area (Å²) in [5.41, 5.74) is 0.862. The van der Waals surface area contributed by atoms with E-state index in [0.717, 1.165) is 32.2 Å². The van der Waals surface area contributed by atoms with E-state index in [1.165, 1.54) is 6.42 Å². The Balaban J connectivity index is 2.14. The second-order valence-corrected chi connectivity index (χ2v) is 5.74. The van der Waals surface area contributed by atoms with Crippen LogP contribution in [0, 0.1) is 0 Å². The number of carbonyl (C=O) groups is 2. The molecule has 0 aliphatic carbocycles. The smallest absolute Gasteiger partial charge is 0.272 e. The number of hydrogen-bond donors (Lipinski definition) is 1. The lowest BCUT2D eigenvalue weighted by atomic mass is 9.99. The number of piperidine rings is 1. The Hall–Kier alpha value is -1.91. The molecule has 0 radical (unpaired) electrons. The van der Waals surface area contributed by atoms with Gasteiger partial charge in [-0.1, -0.05) is 13.8 Å². The van der Waals surface area contributed by atoms with E-state index in [2.05, 4.69) is 17.2 Å². The van der Waals surface area contributed by atoms with E-state index < -0.39 is 0 Å². The van der Waals surface area contributed by atoms with Crippen LogP contribution in [0.4, 0.5) is 0 Å². The number of aromatic nitrogens is 1. The van der Waals surface area contributed by atoms with Crippen molar-refractivity contribution in [2.24, 2.45) is 0 Å². The molecule has 1 unspecified atom stereocenters. The van der Waals surface area contributed by atoms with Crippen molar-refractivity contribution < 1.29 is 9.59 Å². The number of nitrogens with one attached hydrogen (secondary N) is 1. The first-order valence-electron chi connectivity index (χ1n) is 8.22. The van der Waals surface area contributed by atoms with Crippen LogP contribution in [0.2, 0.25) is 0 Å². The molecule has 2 amide bonds. The van der Waals surface area contributed by atoms with Crippen LogP contribution in [-0.2, 0) is 0 Å². The molecule has 22 heavy (non-hydrogen) atoms. The molecule has 1 aliphatic heterocycles. The first-order valence-corrected chi connectivity index (χ1v) is 8.22. The van der Waals surface area contributed by atoms with Gasteiger partial charge in [0.25, 0.3) is 11.8 Å². The number of amides is 2. The Morgan fingerprint density at radius 1 is 1.36 bits per heavy atom. The SMILES string of the molecule is CCCNC(=O)c1ccnc(C(=O)N2CCCCC2CC)c1. The van der Waals surface area contributed by atoms with Gasteiger partial charge in [0.2, 0.25) is 0 Å². The zero-order valence-electron chi connectivity index (χ0n) is 13.5. The van der Waals surface area contributed by atoms with Crippen LogP contribution in [0.25, 0.3) is 0 Å². The lowest BCUT2D eigenvalue weighted by Gasteiger charge is -2.35. The standard InChI is InChI=1S/C17H25N3O2/c1-3-9-19-16(21)13-8-10-18-15(12-13)17(22)20-11-6-5-7-14(20)4-2/h8,10,12,14H,3-7,9,11H2,1-2H3,(H,19,21). The summed E-state index contributed by atoms with van der Waals surface area (Å²) in [7, 11) is 0. The first-order chi connectivity index (χ1) is 10.7. The van der Waals surface area contributed by atoms with Gasteiger partial charge in [-0.3, -0.25) is 14.6 Å². The van der Waals surface area contributed by atoms with Crippen LogP contribution in [-0.4, -0.2) is 40.8 Å². The van der Waals surface area contributed by atoms with Crippen LogP contribution in [0.1, 0.15) is 66.8 Å². The Morgan fingerprint density at radius 2 is 2.18 bits per heavy atom. The molecule has 1 aromatic rings. The van der Waals surface area contributed by atoms with E-state index in [4.69, 9.17) is 0 Å². The van der Waals surface area contributed by atoms with E-state index >= 15 is 0 Å². The summed E-state index contributed by atoms with van der Waals surface area (Å²) >= 11 is 0. The molecule has 2 heterocycles. The van der Waals surface area contributed by atoms with Gasteiger partial charge in [-0.15, -0.1) is 0 Å². The van der Waals surface area contributed by atoms with E-state index in [0.29, 0.717) is 23.8 Å². The highest BCUT2D eigenvalue weighted by molar-refractivity contribution is 5.98. The first kappa shape index (κ1) is 16.5. The molecule has 0 aromatic carbocycles. The lowest BCUT2D eigenvalue weighted by molar-refractivity contribution is 0.0602. The fraction of sp³-hybridized carbons (Fsp3) is 0.588. The third-order valence-electron chi connectivity index (χ3n) is 4.14. The van der Waals surface area contributed by atoms with E-state index in [1.807, 2.05) is 11.8 Å². The maximum absolute atomic E-state index is 12.7. The largest absolute Gasteiger partial charge is 0.352 e. The van der Waals surface area contributed by atoms with Crippen molar-refractivity contribution in [3.8, 4) is 0 Å². The van der Waals surface area contributed by atoms with Crippen molar-refractivity contribution in [1.29, 1.82) is 0 Å². The molecule has 1 N–H and O–H groups in total. The molecule has 0 saturated carbocycles. The molecule has 1 fully saturated rings. The molecular formula is C17H25N3O2. The third-order valence-corrected chi connectivity index (χ3v) is 4.14. The summed E-state index contributed by atoms with van der Waals surface area (Å²) in [6.07, 6.45) is 6.66. The van der Waals surface area contributed by atoms with E-state index in [-0.39, 0.29) is 11.8 Å². The molecule has 1 aliphatic rings. The van der Waals surface area contributed by atoms with Gasteiger partial charge in [0.1, 0.15) is 5.69 Å². The van der Waals surface area contributed by atoms with Crippen molar-refractivity contribution in [1.82, 2.24) is 15.2 Å². The monoisotopic (exact) mass is 303 g/mol. The number of likely N-dealkylation sites (tertiary alicyclic amines) is 1. The Morgan fingerprint density at radius 3 is 2.91 bits per heavy atom. The lowest BCUT2D eigenvalue weighted by Crippen LogP contribution is -2.43. The minimum Gasteiger partial charge on any atom is -0.352 e. The van der Waals surface area contributed by atoms with Gasteiger partial charge in [-0.2, -0.15) is 0 Å². The number of nitrogens with zero attached hydrogens (tertiary/aromatic N) is 2.